The number of ether oxygens (including phenoxy) is 1. The van der Waals surface area contributed by atoms with E-state index in [-0.39, 0.29) is 23.5 Å². The first-order valence-electron chi connectivity index (χ1n) is 9.66. The molecule has 1 N–H and O–H groups in total. The quantitative estimate of drug-likeness (QED) is 0.817. The van der Waals surface area contributed by atoms with Crippen LogP contribution < -0.4 is 4.74 Å². The molecular weight excluding hydrogens is 382 g/mol. The van der Waals surface area contributed by atoms with Crippen LogP contribution in [0, 0.1) is 11.3 Å². The molecule has 2 aliphatic heterocycles. The van der Waals surface area contributed by atoms with Crippen LogP contribution in [0.25, 0.3) is 0 Å². The van der Waals surface area contributed by atoms with Gasteiger partial charge in [-0.2, -0.15) is 4.21 Å². The maximum absolute atomic E-state index is 11.5. The van der Waals surface area contributed by atoms with Gasteiger partial charge in [-0.15, -0.1) is 0 Å². The molecule has 7 nitrogen and oxygen atoms in total. The number of piperidine rings is 1. The number of nitrogens with zero attached hydrogens (tertiary/aromatic N) is 1. The van der Waals surface area contributed by atoms with E-state index in [2.05, 4.69) is 20.8 Å². The monoisotopic (exact) mass is 411 g/mol. The van der Waals surface area contributed by atoms with Crippen LogP contribution in [0.3, 0.4) is 0 Å². The summed E-state index contributed by atoms with van der Waals surface area (Å²) in [5, 5.41) is 9.48. The third kappa shape index (κ3) is 5.46. The molecule has 2 atom stereocenters. The molecule has 8 heteroatoms. The highest BCUT2D eigenvalue weighted by atomic mass is 32.2. The summed E-state index contributed by atoms with van der Waals surface area (Å²) in [4.78, 5) is 13.1. The van der Waals surface area contributed by atoms with Gasteiger partial charge in [0.05, 0.1) is 13.2 Å². The van der Waals surface area contributed by atoms with Crippen LogP contribution in [0.15, 0.2) is 24.3 Å². The van der Waals surface area contributed by atoms with E-state index in [4.69, 9.17) is 13.1 Å². The molecule has 0 radical (unpaired) electrons. The summed E-state index contributed by atoms with van der Waals surface area (Å²) in [6.07, 6.45) is 1.31. The Labute approximate surface area is 168 Å². The third-order valence-electron chi connectivity index (χ3n) is 5.35. The minimum Gasteiger partial charge on any atom is -0.490 e. The number of hydrogen-bond acceptors (Lipinski definition) is 5. The number of hydrogen-bond donors (Lipinski definition) is 1. The normalized spacial score (nSPS) is 28.8. The zero-order chi connectivity index (χ0) is 20.3. The lowest BCUT2D eigenvalue weighted by atomic mass is 9.80. The minimum atomic E-state index is -1.60. The number of carbonyl (C=O) groups is 1. The lowest BCUT2D eigenvalue weighted by Gasteiger charge is -2.44. The number of carboxylic acid groups (broad SMARTS) is 1. The van der Waals surface area contributed by atoms with Crippen molar-refractivity contribution in [3.05, 3.63) is 29.8 Å². The Bertz CT molecular complexity index is 692. The van der Waals surface area contributed by atoms with Crippen LogP contribution >= 0.6 is 0 Å². The summed E-state index contributed by atoms with van der Waals surface area (Å²) in [7, 11) is 0. The number of rotatable bonds is 4. The summed E-state index contributed by atoms with van der Waals surface area (Å²) in [6, 6.07) is 7.88. The number of likely N-dealkylation sites (tertiary alicyclic amines) is 1. The van der Waals surface area contributed by atoms with E-state index < -0.39 is 17.5 Å². The van der Waals surface area contributed by atoms with Crippen molar-refractivity contribution in [2.45, 2.75) is 52.2 Å². The maximum atomic E-state index is 11.5. The van der Waals surface area contributed by atoms with Gasteiger partial charge in [0.25, 0.3) is 0 Å². The first-order valence-corrected chi connectivity index (χ1v) is 10.7. The summed E-state index contributed by atoms with van der Waals surface area (Å²) >= 11 is -1.60. The molecule has 0 saturated carbocycles. The van der Waals surface area contributed by atoms with Crippen molar-refractivity contribution in [3.63, 3.8) is 0 Å². The summed E-state index contributed by atoms with van der Waals surface area (Å²) in [6.45, 7) is 7.56. The van der Waals surface area contributed by atoms with Crippen LogP contribution in [0.2, 0.25) is 0 Å². The Morgan fingerprint density at radius 1 is 1.25 bits per heavy atom. The van der Waals surface area contributed by atoms with Crippen LogP contribution in [0.4, 0.5) is 4.79 Å². The molecular formula is C20H29NO6S. The summed E-state index contributed by atoms with van der Waals surface area (Å²) < 4.78 is 27.3. The predicted octanol–water partition coefficient (Wildman–Crippen LogP) is 3.41. The second-order valence-corrected chi connectivity index (χ2v) is 9.49. The van der Waals surface area contributed by atoms with Crippen molar-refractivity contribution >= 4 is 17.5 Å². The first-order chi connectivity index (χ1) is 13.2. The topological polar surface area (TPSA) is 85.3 Å². The Morgan fingerprint density at radius 2 is 1.89 bits per heavy atom. The van der Waals surface area contributed by atoms with Gasteiger partial charge in [-0.25, -0.2) is 4.79 Å². The first kappa shape index (κ1) is 21.1. The third-order valence-corrected chi connectivity index (χ3v) is 6.01. The Balaban J connectivity index is 1.56. The largest absolute Gasteiger partial charge is 0.490 e. The number of benzene rings is 1. The molecule has 1 aromatic carbocycles. The lowest BCUT2D eigenvalue weighted by Crippen LogP contribution is -2.53. The van der Waals surface area contributed by atoms with Crippen molar-refractivity contribution < 1.29 is 27.2 Å². The standard InChI is InChI=1S/C20H29NO6S/c1-20(2,3)18-11-17(8-9-21(18)19(22)23)27-16-6-4-14(5-7-16)10-15-12-25-28(24)26-13-15/h4-7,15,17-18H,8-13H2,1-3H3,(H,22,23)/t15?,17-,18+,28?/m0/s1. The Morgan fingerprint density at radius 3 is 2.46 bits per heavy atom. The zero-order valence-corrected chi connectivity index (χ0v) is 17.4. The van der Waals surface area contributed by atoms with Gasteiger partial charge in [0, 0.05) is 31.3 Å². The fourth-order valence-electron chi connectivity index (χ4n) is 3.82. The van der Waals surface area contributed by atoms with Crippen molar-refractivity contribution in [2.24, 2.45) is 11.3 Å². The molecule has 2 saturated heterocycles. The molecule has 0 spiro atoms. The van der Waals surface area contributed by atoms with Crippen molar-refractivity contribution in [2.75, 3.05) is 19.8 Å². The maximum Gasteiger partial charge on any atom is 0.407 e. The molecule has 0 aromatic heterocycles. The lowest BCUT2D eigenvalue weighted by molar-refractivity contribution is 0.0130. The molecule has 0 aliphatic carbocycles. The number of amides is 1. The fourth-order valence-corrected chi connectivity index (χ4v) is 4.50. The molecule has 0 bridgehead atoms. The van der Waals surface area contributed by atoms with Crippen molar-refractivity contribution in [1.82, 2.24) is 4.90 Å². The second-order valence-electron chi connectivity index (χ2n) is 8.61. The van der Waals surface area contributed by atoms with Gasteiger partial charge in [-0.1, -0.05) is 32.9 Å². The van der Waals surface area contributed by atoms with Crippen LogP contribution in [-0.2, 0) is 26.1 Å². The van der Waals surface area contributed by atoms with Crippen LogP contribution in [-0.4, -0.2) is 52.2 Å². The molecule has 1 aromatic rings. The molecule has 28 heavy (non-hydrogen) atoms. The van der Waals surface area contributed by atoms with E-state index in [1.165, 1.54) is 0 Å². The van der Waals surface area contributed by atoms with E-state index in [0.717, 1.165) is 17.7 Å². The van der Waals surface area contributed by atoms with Gasteiger partial charge in [-0.05, 0) is 29.5 Å². The fraction of sp³-hybridized carbons (Fsp3) is 0.650. The van der Waals surface area contributed by atoms with Gasteiger partial charge in [0.2, 0.25) is 0 Å². The van der Waals surface area contributed by atoms with E-state index in [1.54, 1.807) is 4.90 Å². The smallest absolute Gasteiger partial charge is 0.407 e. The van der Waals surface area contributed by atoms with E-state index in [1.807, 2.05) is 24.3 Å². The van der Waals surface area contributed by atoms with Gasteiger partial charge < -0.3 is 14.7 Å². The summed E-state index contributed by atoms with van der Waals surface area (Å²) in [5.41, 5.74) is 1.00. The highest BCUT2D eigenvalue weighted by Gasteiger charge is 2.39. The average Bonchev–Trinajstić information content (AvgIpc) is 2.64. The van der Waals surface area contributed by atoms with E-state index in [9.17, 15) is 14.1 Å². The molecule has 3 rings (SSSR count). The van der Waals surface area contributed by atoms with Crippen molar-refractivity contribution in [3.8, 4) is 5.75 Å². The van der Waals surface area contributed by atoms with E-state index >= 15 is 0 Å². The van der Waals surface area contributed by atoms with Gasteiger partial charge in [-0.3, -0.25) is 8.37 Å². The van der Waals surface area contributed by atoms with Crippen molar-refractivity contribution in [1.29, 1.82) is 0 Å². The molecule has 2 aliphatic rings. The van der Waals surface area contributed by atoms with Gasteiger partial charge in [0.15, 0.2) is 0 Å². The molecule has 2 heterocycles. The molecule has 156 valence electrons. The SMILES string of the molecule is CC(C)(C)[C@H]1C[C@@H](Oc2ccc(CC3COS(=O)OC3)cc2)CCN1C(=O)O. The minimum absolute atomic E-state index is 0.000740. The highest BCUT2D eigenvalue weighted by molar-refractivity contribution is 7.75. The molecule has 2 fully saturated rings. The Hall–Kier alpha value is -1.64. The van der Waals surface area contributed by atoms with Crippen LogP contribution in [0.5, 0.6) is 5.75 Å². The molecule has 0 unspecified atom stereocenters. The van der Waals surface area contributed by atoms with Gasteiger partial charge >= 0.3 is 17.5 Å². The second kappa shape index (κ2) is 8.80. The summed E-state index contributed by atoms with van der Waals surface area (Å²) in [5.74, 6) is 0.986. The molecule has 1 amide bonds. The van der Waals surface area contributed by atoms with Gasteiger partial charge in [0.1, 0.15) is 11.9 Å². The Kier molecular flexibility index (Phi) is 6.62. The highest BCUT2D eigenvalue weighted by Crippen LogP contribution is 2.33. The zero-order valence-electron chi connectivity index (χ0n) is 16.6. The van der Waals surface area contributed by atoms with E-state index in [0.29, 0.717) is 32.6 Å². The van der Waals surface area contributed by atoms with Crippen LogP contribution in [0.1, 0.15) is 39.2 Å². The average molecular weight is 412 g/mol. The predicted molar refractivity (Wildman–Crippen MR) is 105 cm³/mol.